The molecular weight excluding hydrogens is 298 g/mol. The Balaban J connectivity index is 1.58. The normalized spacial score (nSPS) is 16.3. The number of ether oxygens (including phenoxy) is 1. The van der Waals surface area contributed by atoms with E-state index in [2.05, 4.69) is 58.6 Å². The molecule has 1 aliphatic carbocycles. The third kappa shape index (κ3) is 4.12. The lowest BCUT2D eigenvalue weighted by molar-refractivity contribution is -0.134. The van der Waals surface area contributed by atoms with E-state index in [1.807, 2.05) is 6.08 Å². The van der Waals surface area contributed by atoms with Gasteiger partial charge in [0.2, 0.25) is 0 Å². The third-order valence-corrected chi connectivity index (χ3v) is 4.51. The largest absolute Gasteiger partial charge is 0.466 e. The quantitative estimate of drug-likeness (QED) is 0.651. The number of aryl methyl sites for hydroxylation is 1. The van der Waals surface area contributed by atoms with Crippen LogP contribution in [0.1, 0.15) is 34.7 Å². The molecule has 1 unspecified atom stereocenters. The number of nitrogens with one attached hydrogen (secondary N) is 1. The second kappa shape index (κ2) is 7.93. The van der Waals surface area contributed by atoms with Gasteiger partial charge in [0.25, 0.3) is 0 Å². The highest BCUT2D eigenvalue weighted by molar-refractivity contribution is 5.86. The van der Waals surface area contributed by atoms with E-state index >= 15 is 0 Å². The summed E-state index contributed by atoms with van der Waals surface area (Å²) in [5, 5.41) is 3.67. The van der Waals surface area contributed by atoms with Crippen LogP contribution in [0.2, 0.25) is 0 Å². The van der Waals surface area contributed by atoms with E-state index < -0.39 is 0 Å². The molecule has 1 aliphatic rings. The van der Waals surface area contributed by atoms with Crippen molar-refractivity contribution in [3.05, 3.63) is 76.9 Å². The lowest BCUT2D eigenvalue weighted by Crippen LogP contribution is -2.21. The molecule has 0 spiro atoms. The number of hydrogen-bond donors (Lipinski definition) is 1. The van der Waals surface area contributed by atoms with Gasteiger partial charge in [-0.1, -0.05) is 48.5 Å². The van der Waals surface area contributed by atoms with Crippen LogP contribution in [-0.2, 0) is 22.4 Å². The number of benzene rings is 2. The lowest BCUT2D eigenvalue weighted by Gasteiger charge is -2.14. The van der Waals surface area contributed by atoms with Crippen LogP contribution in [0, 0.1) is 0 Å². The Morgan fingerprint density at radius 3 is 2.88 bits per heavy atom. The van der Waals surface area contributed by atoms with Gasteiger partial charge < -0.3 is 10.1 Å². The summed E-state index contributed by atoms with van der Waals surface area (Å²) in [6.07, 6.45) is 6.54. The monoisotopic (exact) mass is 321 g/mol. The van der Waals surface area contributed by atoms with Crippen LogP contribution < -0.4 is 5.32 Å². The molecule has 0 aliphatic heterocycles. The van der Waals surface area contributed by atoms with Gasteiger partial charge in [0.05, 0.1) is 7.11 Å². The molecule has 0 amide bonds. The predicted octanol–water partition coefficient (Wildman–Crippen LogP) is 3.69. The van der Waals surface area contributed by atoms with Crippen molar-refractivity contribution in [2.45, 2.75) is 25.3 Å². The average molecular weight is 321 g/mol. The Labute approximate surface area is 143 Å². The third-order valence-electron chi connectivity index (χ3n) is 4.51. The second-order valence-electron chi connectivity index (χ2n) is 6.10. The first-order valence-electron chi connectivity index (χ1n) is 8.42. The van der Waals surface area contributed by atoms with Gasteiger partial charge in [-0.25, -0.2) is 4.79 Å². The summed E-state index contributed by atoms with van der Waals surface area (Å²) < 4.78 is 4.63. The highest BCUT2D eigenvalue weighted by atomic mass is 16.5. The van der Waals surface area contributed by atoms with Crippen molar-refractivity contribution < 1.29 is 9.53 Å². The SMILES string of the molecule is COC(=O)/C=C/c1ccc2c(c1)CCC2NCCc1ccccc1. The molecule has 0 bridgehead atoms. The summed E-state index contributed by atoms with van der Waals surface area (Å²) in [5.74, 6) is -0.323. The number of hydrogen-bond acceptors (Lipinski definition) is 3. The smallest absolute Gasteiger partial charge is 0.330 e. The maximum atomic E-state index is 11.2. The van der Waals surface area contributed by atoms with Crippen LogP contribution in [0.3, 0.4) is 0 Å². The van der Waals surface area contributed by atoms with Crippen molar-refractivity contribution in [3.8, 4) is 0 Å². The van der Waals surface area contributed by atoms with E-state index in [9.17, 15) is 4.79 Å². The Hall–Kier alpha value is -2.39. The van der Waals surface area contributed by atoms with Crippen molar-refractivity contribution in [2.24, 2.45) is 0 Å². The fourth-order valence-electron chi connectivity index (χ4n) is 3.22. The minimum atomic E-state index is -0.323. The van der Waals surface area contributed by atoms with Crippen LogP contribution in [0.25, 0.3) is 6.08 Å². The number of esters is 1. The fraction of sp³-hybridized carbons (Fsp3) is 0.286. The molecule has 2 aromatic rings. The summed E-state index contributed by atoms with van der Waals surface area (Å²) in [6.45, 7) is 0.984. The van der Waals surface area contributed by atoms with Crippen LogP contribution >= 0.6 is 0 Å². The number of carbonyl (C=O) groups excluding carboxylic acids is 1. The van der Waals surface area contributed by atoms with Crippen LogP contribution in [0.15, 0.2) is 54.6 Å². The molecule has 1 atom stereocenters. The standard InChI is InChI=1S/C21H23NO2/c1-24-21(23)12-8-17-7-10-19-18(15-17)9-11-20(19)22-14-13-16-5-3-2-4-6-16/h2-8,10,12,15,20,22H,9,11,13-14H2,1H3/b12-8+. The molecule has 0 heterocycles. The summed E-state index contributed by atoms with van der Waals surface area (Å²) in [7, 11) is 1.39. The van der Waals surface area contributed by atoms with Gasteiger partial charge >= 0.3 is 5.97 Å². The van der Waals surface area contributed by atoms with Gasteiger partial charge in [-0.3, -0.25) is 0 Å². The van der Waals surface area contributed by atoms with Gasteiger partial charge in [-0.05, 0) is 54.1 Å². The molecule has 3 heteroatoms. The molecular formula is C21H23NO2. The zero-order chi connectivity index (χ0) is 16.8. The molecule has 3 nitrogen and oxygen atoms in total. The lowest BCUT2D eigenvalue weighted by atomic mass is 10.0. The number of rotatable bonds is 6. The molecule has 124 valence electrons. The van der Waals surface area contributed by atoms with Crippen molar-refractivity contribution >= 4 is 12.0 Å². The number of methoxy groups -OCH3 is 1. The predicted molar refractivity (Wildman–Crippen MR) is 96.7 cm³/mol. The van der Waals surface area contributed by atoms with E-state index in [4.69, 9.17) is 0 Å². The highest BCUT2D eigenvalue weighted by Crippen LogP contribution is 2.32. The molecule has 24 heavy (non-hydrogen) atoms. The van der Waals surface area contributed by atoms with Gasteiger partial charge in [0.15, 0.2) is 0 Å². The molecule has 0 aromatic heterocycles. The van der Waals surface area contributed by atoms with Crippen molar-refractivity contribution in [3.63, 3.8) is 0 Å². The van der Waals surface area contributed by atoms with Crippen molar-refractivity contribution in [1.29, 1.82) is 0 Å². The molecule has 2 aromatic carbocycles. The minimum Gasteiger partial charge on any atom is -0.466 e. The van der Waals surface area contributed by atoms with Crippen LogP contribution in [0.5, 0.6) is 0 Å². The first-order chi connectivity index (χ1) is 11.8. The highest BCUT2D eigenvalue weighted by Gasteiger charge is 2.21. The maximum absolute atomic E-state index is 11.2. The van der Waals surface area contributed by atoms with E-state index in [1.54, 1.807) is 0 Å². The van der Waals surface area contributed by atoms with E-state index in [0.717, 1.165) is 31.4 Å². The molecule has 0 saturated carbocycles. The number of carbonyl (C=O) groups is 1. The zero-order valence-corrected chi connectivity index (χ0v) is 14.0. The Morgan fingerprint density at radius 2 is 2.08 bits per heavy atom. The van der Waals surface area contributed by atoms with E-state index in [1.165, 1.54) is 29.9 Å². The average Bonchev–Trinajstić information content (AvgIpc) is 3.03. The van der Waals surface area contributed by atoms with E-state index in [-0.39, 0.29) is 5.97 Å². The molecule has 3 rings (SSSR count). The van der Waals surface area contributed by atoms with Crippen LogP contribution in [0.4, 0.5) is 0 Å². The summed E-state index contributed by atoms with van der Waals surface area (Å²) in [6, 6.07) is 17.4. The van der Waals surface area contributed by atoms with Gasteiger partial charge in [0.1, 0.15) is 0 Å². The Kier molecular flexibility index (Phi) is 5.44. The summed E-state index contributed by atoms with van der Waals surface area (Å²) >= 11 is 0. The summed E-state index contributed by atoms with van der Waals surface area (Å²) in [4.78, 5) is 11.2. The minimum absolute atomic E-state index is 0.323. The topological polar surface area (TPSA) is 38.3 Å². The first-order valence-corrected chi connectivity index (χ1v) is 8.42. The van der Waals surface area contributed by atoms with Crippen molar-refractivity contribution in [2.75, 3.05) is 13.7 Å². The number of fused-ring (bicyclic) bond motifs is 1. The van der Waals surface area contributed by atoms with E-state index in [0.29, 0.717) is 6.04 Å². The maximum Gasteiger partial charge on any atom is 0.330 e. The van der Waals surface area contributed by atoms with Crippen molar-refractivity contribution in [1.82, 2.24) is 5.32 Å². The molecule has 0 saturated heterocycles. The molecule has 0 radical (unpaired) electrons. The zero-order valence-electron chi connectivity index (χ0n) is 14.0. The summed E-state index contributed by atoms with van der Waals surface area (Å²) in [5.41, 5.74) is 5.17. The Bertz CT molecular complexity index is 722. The second-order valence-corrected chi connectivity index (χ2v) is 6.10. The van der Waals surface area contributed by atoms with Gasteiger partial charge in [0, 0.05) is 12.1 Å². The van der Waals surface area contributed by atoms with Gasteiger partial charge in [-0.2, -0.15) is 0 Å². The first kappa shape index (κ1) is 16.5. The molecule has 1 N–H and O–H groups in total. The van der Waals surface area contributed by atoms with Crippen LogP contribution in [-0.4, -0.2) is 19.6 Å². The Morgan fingerprint density at radius 1 is 1.25 bits per heavy atom. The van der Waals surface area contributed by atoms with Gasteiger partial charge in [-0.15, -0.1) is 0 Å². The fourth-order valence-corrected chi connectivity index (χ4v) is 3.22. The molecule has 0 fully saturated rings.